The Hall–Kier alpha value is -2.09. The SMILES string of the molecule is FC(F)(F)c1cc(Cl)ccc1Nc1nncc(NC2CCCCC2)n1. The lowest BCUT2D eigenvalue weighted by molar-refractivity contribution is -0.136. The average Bonchev–Trinajstić information content (AvgIpc) is 2.57. The Balaban J connectivity index is 1.78. The van der Waals surface area contributed by atoms with Crippen LogP contribution in [0.15, 0.2) is 24.4 Å². The summed E-state index contributed by atoms with van der Waals surface area (Å²) in [6.07, 6.45) is 2.54. The maximum absolute atomic E-state index is 13.2. The summed E-state index contributed by atoms with van der Waals surface area (Å²) in [6, 6.07) is 3.79. The highest BCUT2D eigenvalue weighted by atomic mass is 35.5. The number of anilines is 3. The van der Waals surface area contributed by atoms with Crippen LogP contribution in [0.4, 0.5) is 30.6 Å². The van der Waals surface area contributed by atoms with Crippen LogP contribution in [0, 0.1) is 0 Å². The van der Waals surface area contributed by atoms with Crippen LogP contribution in [0.2, 0.25) is 5.02 Å². The summed E-state index contributed by atoms with van der Waals surface area (Å²) in [7, 11) is 0. The zero-order chi connectivity index (χ0) is 17.9. The summed E-state index contributed by atoms with van der Waals surface area (Å²) < 4.78 is 39.5. The minimum atomic E-state index is -4.54. The van der Waals surface area contributed by atoms with Crippen molar-refractivity contribution in [2.24, 2.45) is 0 Å². The van der Waals surface area contributed by atoms with E-state index in [4.69, 9.17) is 11.6 Å². The minimum absolute atomic E-state index is 0.00429. The van der Waals surface area contributed by atoms with Crippen molar-refractivity contribution in [1.29, 1.82) is 0 Å². The van der Waals surface area contributed by atoms with Gasteiger partial charge in [-0.3, -0.25) is 0 Å². The van der Waals surface area contributed by atoms with Gasteiger partial charge >= 0.3 is 6.18 Å². The summed E-state index contributed by atoms with van der Waals surface area (Å²) in [5.74, 6) is 0.487. The number of nitrogens with zero attached hydrogens (tertiary/aromatic N) is 3. The molecule has 9 heteroatoms. The molecule has 1 saturated carbocycles. The van der Waals surface area contributed by atoms with Gasteiger partial charge in [0.2, 0.25) is 5.95 Å². The Morgan fingerprint density at radius 1 is 1.12 bits per heavy atom. The molecule has 1 aromatic heterocycles. The van der Waals surface area contributed by atoms with Gasteiger partial charge < -0.3 is 10.6 Å². The third-order valence-electron chi connectivity index (χ3n) is 4.05. The Bertz CT molecular complexity index is 732. The first-order valence-electron chi connectivity index (χ1n) is 8.02. The van der Waals surface area contributed by atoms with E-state index in [0.717, 1.165) is 31.7 Å². The van der Waals surface area contributed by atoms with E-state index in [9.17, 15) is 13.2 Å². The van der Waals surface area contributed by atoms with Crippen molar-refractivity contribution in [3.8, 4) is 0 Å². The van der Waals surface area contributed by atoms with Crippen LogP contribution in [0.1, 0.15) is 37.7 Å². The normalized spacial score (nSPS) is 15.8. The molecular weight excluding hydrogens is 355 g/mol. The van der Waals surface area contributed by atoms with Gasteiger partial charge in [0.1, 0.15) is 0 Å². The van der Waals surface area contributed by atoms with E-state index in [-0.39, 0.29) is 16.7 Å². The molecular formula is C16H17ClF3N5. The zero-order valence-corrected chi connectivity index (χ0v) is 14.0. The van der Waals surface area contributed by atoms with E-state index in [1.54, 1.807) is 0 Å². The lowest BCUT2D eigenvalue weighted by Crippen LogP contribution is -2.23. The van der Waals surface area contributed by atoms with Crippen molar-refractivity contribution in [2.45, 2.75) is 44.3 Å². The molecule has 3 rings (SSSR count). The minimum Gasteiger partial charge on any atom is -0.366 e. The molecule has 1 aliphatic carbocycles. The highest BCUT2D eigenvalue weighted by Gasteiger charge is 2.34. The molecule has 2 aromatic rings. The van der Waals surface area contributed by atoms with Crippen molar-refractivity contribution in [2.75, 3.05) is 10.6 Å². The second-order valence-electron chi connectivity index (χ2n) is 5.96. The summed E-state index contributed by atoms with van der Waals surface area (Å²) in [6.45, 7) is 0. The van der Waals surface area contributed by atoms with Gasteiger partial charge in [-0.25, -0.2) is 0 Å². The van der Waals surface area contributed by atoms with Crippen molar-refractivity contribution in [1.82, 2.24) is 15.2 Å². The number of hydrogen-bond donors (Lipinski definition) is 2. The molecule has 0 radical (unpaired) electrons. The third-order valence-corrected chi connectivity index (χ3v) is 4.28. The van der Waals surface area contributed by atoms with Crippen LogP contribution in [-0.4, -0.2) is 21.2 Å². The molecule has 0 amide bonds. The van der Waals surface area contributed by atoms with Gasteiger partial charge in [-0.2, -0.15) is 23.3 Å². The molecule has 1 aromatic carbocycles. The fourth-order valence-electron chi connectivity index (χ4n) is 2.86. The summed E-state index contributed by atoms with van der Waals surface area (Å²) >= 11 is 5.68. The first-order chi connectivity index (χ1) is 11.9. The first-order valence-corrected chi connectivity index (χ1v) is 8.39. The molecule has 0 atom stereocenters. The predicted molar refractivity (Wildman–Crippen MR) is 90.1 cm³/mol. The molecule has 5 nitrogen and oxygen atoms in total. The molecule has 1 fully saturated rings. The fourth-order valence-corrected chi connectivity index (χ4v) is 3.03. The predicted octanol–water partition coefficient (Wildman–Crippen LogP) is 5.03. The monoisotopic (exact) mass is 371 g/mol. The molecule has 0 saturated heterocycles. The molecule has 1 aliphatic rings. The van der Waals surface area contributed by atoms with Crippen LogP contribution in [-0.2, 0) is 6.18 Å². The number of hydrogen-bond acceptors (Lipinski definition) is 5. The molecule has 0 bridgehead atoms. The van der Waals surface area contributed by atoms with Gasteiger partial charge in [0.05, 0.1) is 17.4 Å². The van der Waals surface area contributed by atoms with Gasteiger partial charge in [-0.1, -0.05) is 30.9 Å². The van der Waals surface area contributed by atoms with Crippen LogP contribution < -0.4 is 10.6 Å². The van der Waals surface area contributed by atoms with E-state index in [2.05, 4.69) is 25.8 Å². The average molecular weight is 372 g/mol. The van der Waals surface area contributed by atoms with E-state index >= 15 is 0 Å². The van der Waals surface area contributed by atoms with Crippen molar-refractivity contribution >= 4 is 29.1 Å². The van der Waals surface area contributed by atoms with Crippen molar-refractivity contribution in [3.05, 3.63) is 35.0 Å². The Labute approximate surface area is 148 Å². The Kier molecular flexibility index (Phi) is 5.27. The molecule has 134 valence electrons. The van der Waals surface area contributed by atoms with Gasteiger partial charge in [0, 0.05) is 11.1 Å². The topological polar surface area (TPSA) is 62.7 Å². The fraction of sp³-hybridized carbons (Fsp3) is 0.438. The summed E-state index contributed by atoms with van der Waals surface area (Å²) in [5.41, 5.74) is -1.05. The van der Waals surface area contributed by atoms with E-state index in [0.29, 0.717) is 11.9 Å². The maximum atomic E-state index is 13.2. The lowest BCUT2D eigenvalue weighted by Gasteiger charge is -2.23. The molecule has 0 spiro atoms. The molecule has 1 heterocycles. The Morgan fingerprint density at radius 3 is 2.60 bits per heavy atom. The number of nitrogens with one attached hydrogen (secondary N) is 2. The van der Waals surface area contributed by atoms with E-state index in [1.807, 2.05) is 0 Å². The van der Waals surface area contributed by atoms with Crippen molar-refractivity contribution < 1.29 is 13.2 Å². The van der Waals surface area contributed by atoms with Crippen LogP contribution >= 0.6 is 11.6 Å². The highest BCUT2D eigenvalue weighted by molar-refractivity contribution is 6.30. The highest BCUT2D eigenvalue weighted by Crippen LogP contribution is 2.37. The van der Waals surface area contributed by atoms with Gasteiger partial charge in [0.25, 0.3) is 0 Å². The van der Waals surface area contributed by atoms with Crippen LogP contribution in [0.3, 0.4) is 0 Å². The zero-order valence-electron chi connectivity index (χ0n) is 13.3. The quantitative estimate of drug-likeness (QED) is 0.789. The van der Waals surface area contributed by atoms with Crippen LogP contribution in [0.25, 0.3) is 0 Å². The number of halogens is 4. The van der Waals surface area contributed by atoms with Gasteiger partial charge in [-0.15, -0.1) is 5.10 Å². The summed E-state index contributed by atoms with van der Waals surface area (Å²) in [5, 5.41) is 13.4. The second-order valence-corrected chi connectivity index (χ2v) is 6.39. The number of rotatable bonds is 4. The smallest absolute Gasteiger partial charge is 0.366 e. The van der Waals surface area contributed by atoms with Gasteiger partial charge in [-0.05, 0) is 31.0 Å². The number of alkyl halides is 3. The molecule has 2 N–H and O–H groups in total. The number of aromatic nitrogens is 3. The largest absolute Gasteiger partial charge is 0.418 e. The molecule has 0 unspecified atom stereocenters. The second kappa shape index (κ2) is 7.43. The van der Waals surface area contributed by atoms with Crippen LogP contribution in [0.5, 0.6) is 0 Å². The lowest BCUT2D eigenvalue weighted by atomic mass is 9.96. The standard InChI is InChI=1S/C16H17ClF3N5/c17-10-6-7-13(12(8-10)16(18,19)20)23-15-24-14(9-21-25-15)22-11-4-2-1-3-5-11/h6-9,11H,1-5H2,(H2,22,23,24,25). The first kappa shape index (κ1) is 17.7. The van der Waals surface area contributed by atoms with E-state index < -0.39 is 11.7 Å². The van der Waals surface area contributed by atoms with Gasteiger partial charge in [0.15, 0.2) is 5.82 Å². The molecule has 25 heavy (non-hydrogen) atoms. The maximum Gasteiger partial charge on any atom is 0.418 e. The number of benzene rings is 1. The Morgan fingerprint density at radius 2 is 1.88 bits per heavy atom. The third kappa shape index (κ3) is 4.72. The van der Waals surface area contributed by atoms with Crippen molar-refractivity contribution in [3.63, 3.8) is 0 Å². The molecule has 0 aliphatic heterocycles. The summed E-state index contributed by atoms with van der Waals surface area (Å²) in [4.78, 5) is 4.21. The van der Waals surface area contributed by atoms with E-state index in [1.165, 1.54) is 24.8 Å².